The molecule has 0 aromatic carbocycles. The van der Waals surface area contributed by atoms with E-state index in [0.717, 1.165) is 150 Å². The lowest BCUT2D eigenvalue weighted by atomic mass is 10.1. The molecule has 16 aromatic heterocycles. The van der Waals surface area contributed by atoms with Crippen molar-refractivity contribution in [3.63, 3.8) is 0 Å². The van der Waals surface area contributed by atoms with Gasteiger partial charge in [0.15, 0.2) is 40.0 Å². The number of nitrogens with one attached hydrogen (secondary N) is 3. The highest BCUT2D eigenvalue weighted by Crippen LogP contribution is 2.30. The monoisotopic (exact) mass is 1560 g/mol. The molecule has 2 atom stereocenters. The zero-order valence-electron chi connectivity index (χ0n) is 63.9. The minimum atomic E-state index is -0.547. The van der Waals surface area contributed by atoms with E-state index in [1.54, 1.807) is 101 Å². The Morgan fingerprint density at radius 1 is 0.400 bits per heavy atom. The van der Waals surface area contributed by atoms with Crippen LogP contribution in [0.25, 0.3) is 112 Å². The highest BCUT2D eigenvalue weighted by atomic mass is 19.1. The summed E-state index contributed by atoms with van der Waals surface area (Å²) in [5.41, 5.74) is 5.68. The van der Waals surface area contributed by atoms with Crippen LogP contribution in [0.2, 0.25) is 0 Å². The van der Waals surface area contributed by atoms with Gasteiger partial charge in [-0.1, -0.05) is 0 Å². The first-order valence-corrected chi connectivity index (χ1v) is 38.1. The molecule has 29 nitrogen and oxygen atoms in total. The maximum atomic E-state index is 14.2. The number of halogens is 3. The van der Waals surface area contributed by atoms with Crippen LogP contribution >= 0.6 is 0 Å². The lowest BCUT2D eigenvalue weighted by Gasteiger charge is -2.36. The summed E-state index contributed by atoms with van der Waals surface area (Å²) in [7, 11) is 2.13. The topological polar surface area (TPSA) is 307 Å². The van der Waals surface area contributed by atoms with Gasteiger partial charge in [0.1, 0.15) is 23.3 Å². The van der Waals surface area contributed by atoms with Crippen LogP contribution in [-0.4, -0.2) is 178 Å². The van der Waals surface area contributed by atoms with Crippen molar-refractivity contribution in [2.45, 2.75) is 59.5 Å². The third kappa shape index (κ3) is 15.8. The van der Waals surface area contributed by atoms with E-state index in [0.29, 0.717) is 73.7 Å². The molecule has 4 aliphatic heterocycles. The average molecular weight is 1560 g/mol. The molecular formula is C83H80F3N21O8. The number of nitrogens with zero attached hydrogens (tertiary/aromatic N) is 18. The molecular weight excluding hydrogens is 1480 g/mol. The number of piperazine rings is 2. The van der Waals surface area contributed by atoms with E-state index in [-0.39, 0.29) is 45.1 Å². The van der Waals surface area contributed by atoms with Crippen LogP contribution in [0.3, 0.4) is 0 Å². The Bertz CT molecular complexity index is 6650. The first kappa shape index (κ1) is 74.7. The zero-order valence-corrected chi connectivity index (χ0v) is 63.9. The number of fused-ring (bicyclic) bond motifs is 8. The van der Waals surface area contributed by atoms with Gasteiger partial charge in [-0.15, -0.1) is 0 Å². The number of pyridine rings is 7. The molecule has 0 spiro atoms. The molecule has 4 aliphatic rings. The van der Waals surface area contributed by atoms with E-state index < -0.39 is 40.0 Å². The maximum absolute atomic E-state index is 14.2. The van der Waals surface area contributed by atoms with Crippen LogP contribution in [0.1, 0.15) is 43.5 Å². The largest absolute Gasteiger partial charge is 0.403 e. The van der Waals surface area contributed by atoms with Crippen molar-refractivity contribution in [1.29, 1.82) is 0 Å². The van der Waals surface area contributed by atoms with Gasteiger partial charge in [0.25, 0.3) is 0 Å². The van der Waals surface area contributed by atoms with Gasteiger partial charge in [0.2, 0.25) is 22.9 Å². The molecule has 586 valence electrons. The Morgan fingerprint density at radius 3 is 1.29 bits per heavy atom. The summed E-state index contributed by atoms with van der Waals surface area (Å²) in [5.74, 6) is 1.90. The van der Waals surface area contributed by atoms with E-state index >= 15 is 0 Å². The summed E-state index contributed by atoms with van der Waals surface area (Å²) in [6, 6.07) is 28.7. The fourth-order valence-corrected chi connectivity index (χ4v) is 15.0. The minimum absolute atomic E-state index is 0.166. The van der Waals surface area contributed by atoms with Gasteiger partial charge in [0, 0.05) is 162 Å². The predicted molar refractivity (Wildman–Crippen MR) is 433 cm³/mol. The summed E-state index contributed by atoms with van der Waals surface area (Å²) in [6.45, 7) is 22.5. The average Bonchev–Trinajstić information content (AvgIpc) is 1.74. The van der Waals surface area contributed by atoms with E-state index in [9.17, 15) is 32.3 Å². The standard InChI is InChI=1S/C22H22FN5O2.C21H20FN5O2.C21H22N6O2.C19H16FN5O2/c1-12-6-17(23)20-25-18(11-28(20)8-12)16-7-15-4-5-19(26-21(15)30-22(16)29)27-9-13(2)24-14(3)10-27;1-13-9-16(22)19-24-17(12-27(19)11-13)15-10-14-3-4-18(25-20(14)29-21(15)28)26-7-2-5-23-6-8-26;1-14-12-27-13-17(23-19(27)11-22-14)16-10-15-4-5-18(24-20(15)29-21(16)28)26-7-3-6-25(2)8-9-26;20-14-2-1-7-25-11-15(22-17(14)25)13-10-12-3-4-16(23-18(12)27-19(13)26)24-8-5-21-6-9-24/h4-8,11,13-14,24H,9-10H2,1-3H3;3-4,9-12,23H,2,5-8H2,1H3;4-5,10-13H,3,6-9H2,1-2H3;1-4,7,10-11,21H,5-6,8-9H2/t13-,14+;;;. The van der Waals surface area contributed by atoms with Gasteiger partial charge in [-0.05, 0) is 176 Å². The third-order valence-corrected chi connectivity index (χ3v) is 20.7. The lowest BCUT2D eigenvalue weighted by molar-refractivity contribution is 0.360. The zero-order chi connectivity index (χ0) is 79.3. The fraction of sp³-hybridized carbons (Fsp3) is 0.289. The SMILES string of the molecule is Cc1cc(F)c2nc(-c3cc4ccc(N5CCCNCC5)nc4oc3=O)cn2c1.Cc1cc(F)c2nc(-c3cc4ccc(N5C[C@@H](C)N[C@@H](C)C5)nc4oc3=O)cn2c1.Cc1cn2cc(-c3cc4ccc(N5CCCN(C)CC5)nc4oc3=O)nc2cn1.O=c1oc2nc(N3CCNCC3)ccc2cc1-c1cn2cccc(F)c2n1. The molecule has 0 aliphatic carbocycles. The van der Waals surface area contributed by atoms with Crippen LogP contribution in [0.4, 0.5) is 36.4 Å². The van der Waals surface area contributed by atoms with Crippen LogP contribution in [0.15, 0.2) is 190 Å². The van der Waals surface area contributed by atoms with Gasteiger partial charge < -0.3 is 75.7 Å². The highest BCUT2D eigenvalue weighted by Gasteiger charge is 2.26. The number of hydrogen-bond donors (Lipinski definition) is 3. The molecule has 115 heavy (non-hydrogen) atoms. The van der Waals surface area contributed by atoms with Crippen molar-refractivity contribution < 1.29 is 30.8 Å². The summed E-state index contributed by atoms with van der Waals surface area (Å²) in [4.78, 5) is 101. The normalized spacial score (nSPS) is 16.5. The third-order valence-electron chi connectivity index (χ3n) is 20.7. The molecule has 4 fully saturated rings. The molecule has 16 aromatic rings. The second-order valence-electron chi connectivity index (χ2n) is 29.5. The summed E-state index contributed by atoms with van der Waals surface area (Å²) in [6.07, 6.45) is 17.6. The number of aromatic nitrogens is 13. The van der Waals surface area contributed by atoms with Crippen molar-refractivity contribution in [2.75, 3.05) is 118 Å². The predicted octanol–water partition coefficient (Wildman–Crippen LogP) is 10.3. The Kier molecular flexibility index (Phi) is 20.5. The van der Waals surface area contributed by atoms with Crippen LogP contribution in [0, 0.1) is 38.2 Å². The van der Waals surface area contributed by atoms with Crippen molar-refractivity contribution in [3.8, 4) is 45.0 Å². The smallest absolute Gasteiger partial charge is 0.347 e. The van der Waals surface area contributed by atoms with Crippen molar-refractivity contribution in [1.82, 2.24) is 83.3 Å². The van der Waals surface area contributed by atoms with E-state index in [1.807, 2.05) is 72.2 Å². The maximum Gasteiger partial charge on any atom is 0.347 e. The number of hydrogen-bond acceptors (Lipinski definition) is 25. The molecule has 3 N–H and O–H groups in total. The van der Waals surface area contributed by atoms with Crippen molar-refractivity contribution >= 4 is 90.3 Å². The summed E-state index contributed by atoms with van der Waals surface area (Å²) < 4.78 is 70.9. The Hall–Kier alpha value is -13.0. The number of aryl methyl sites for hydroxylation is 3. The Balaban J connectivity index is 0.000000111. The number of likely N-dealkylation sites (N-methyl/N-ethyl adjacent to an activating group) is 1. The Morgan fingerprint density at radius 2 is 0.809 bits per heavy atom. The first-order valence-electron chi connectivity index (χ1n) is 38.1. The Labute approximate surface area is 653 Å². The molecule has 0 saturated carbocycles. The molecule has 20 heterocycles. The summed E-state index contributed by atoms with van der Waals surface area (Å²) in [5, 5.41) is 13.0. The van der Waals surface area contributed by atoms with Crippen LogP contribution in [0.5, 0.6) is 0 Å². The van der Waals surface area contributed by atoms with E-state index in [2.05, 4.69) is 106 Å². The lowest BCUT2D eigenvalue weighted by Crippen LogP contribution is -2.54. The van der Waals surface area contributed by atoms with Gasteiger partial charge in [0.05, 0.1) is 56.9 Å². The van der Waals surface area contributed by atoms with Crippen molar-refractivity contribution in [3.05, 3.63) is 229 Å². The van der Waals surface area contributed by atoms with Gasteiger partial charge in [-0.3, -0.25) is 4.98 Å². The van der Waals surface area contributed by atoms with Gasteiger partial charge >= 0.3 is 22.5 Å². The highest BCUT2D eigenvalue weighted by molar-refractivity contribution is 5.84. The second kappa shape index (κ2) is 31.5. The molecule has 20 rings (SSSR count). The number of rotatable bonds is 8. The molecule has 32 heteroatoms. The number of imidazole rings is 4. The summed E-state index contributed by atoms with van der Waals surface area (Å²) >= 11 is 0. The van der Waals surface area contributed by atoms with Crippen LogP contribution in [-0.2, 0) is 0 Å². The molecule has 0 unspecified atom stereocenters. The van der Waals surface area contributed by atoms with Crippen LogP contribution < -0.4 is 58.1 Å². The molecule has 0 amide bonds. The first-order chi connectivity index (χ1) is 55.7. The molecule has 0 bridgehead atoms. The van der Waals surface area contributed by atoms with Gasteiger partial charge in [-0.2, -0.15) is 19.9 Å². The number of anilines is 4. The molecule has 0 radical (unpaired) electrons. The van der Waals surface area contributed by atoms with Crippen molar-refractivity contribution in [2.24, 2.45) is 0 Å². The van der Waals surface area contributed by atoms with E-state index in [1.165, 1.54) is 18.2 Å². The fourth-order valence-electron chi connectivity index (χ4n) is 15.0. The minimum Gasteiger partial charge on any atom is -0.403 e. The second-order valence-corrected chi connectivity index (χ2v) is 29.5. The van der Waals surface area contributed by atoms with E-state index in [4.69, 9.17) is 17.7 Å². The van der Waals surface area contributed by atoms with Gasteiger partial charge in [-0.25, -0.2) is 52.3 Å². The quantitative estimate of drug-likeness (QED) is 0.127. The molecule has 4 saturated heterocycles.